The Bertz CT molecular complexity index is 1950. The van der Waals surface area contributed by atoms with E-state index >= 15 is 0 Å². The Morgan fingerprint density at radius 3 is 2.82 bits per heavy atom. The van der Waals surface area contributed by atoms with E-state index in [4.69, 9.17) is 29.3 Å². The zero-order valence-corrected chi connectivity index (χ0v) is 28.7. The van der Waals surface area contributed by atoms with Gasteiger partial charge in [0.15, 0.2) is 6.23 Å². The molecule has 4 aromatic rings. The topological polar surface area (TPSA) is 122 Å². The number of anilines is 1. The van der Waals surface area contributed by atoms with Crippen LogP contribution in [0.3, 0.4) is 0 Å². The normalized spacial score (nSPS) is 24.2. The molecule has 0 aliphatic carbocycles. The number of aromatic nitrogens is 4. The van der Waals surface area contributed by atoms with Gasteiger partial charge < -0.3 is 28.9 Å². The number of hydrogen-bond donors (Lipinski definition) is 0. The highest BCUT2D eigenvalue weighted by Gasteiger charge is 2.35. The Labute approximate surface area is 292 Å². The van der Waals surface area contributed by atoms with Crippen LogP contribution in [-0.2, 0) is 16.0 Å². The summed E-state index contributed by atoms with van der Waals surface area (Å²) in [5, 5.41) is 17.8. The lowest BCUT2D eigenvalue weighted by molar-refractivity contribution is -0.128. The second-order valence-electron chi connectivity index (χ2n) is 13.9. The van der Waals surface area contributed by atoms with E-state index in [-0.39, 0.29) is 36.7 Å². The Kier molecular flexibility index (Phi) is 9.02. The zero-order chi connectivity index (χ0) is 34.2. The molecule has 8 rings (SSSR count). The number of nitrogens with zero attached hydrogens (tertiary/aromatic N) is 8. The van der Waals surface area contributed by atoms with E-state index in [1.54, 1.807) is 4.90 Å². The van der Waals surface area contributed by atoms with E-state index in [1.807, 2.05) is 10.9 Å². The van der Waals surface area contributed by atoms with Crippen molar-refractivity contribution < 1.29 is 19.0 Å². The third-order valence-electron chi connectivity index (χ3n) is 10.9. The molecule has 0 N–H and O–H groups in total. The molecule has 12 nitrogen and oxygen atoms in total. The maximum atomic E-state index is 12.6. The van der Waals surface area contributed by atoms with Gasteiger partial charge in [-0.3, -0.25) is 4.79 Å². The molecule has 50 heavy (non-hydrogen) atoms. The summed E-state index contributed by atoms with van der Waals surface area (Å²) in [6.45, 7) is 7.48. The second kappa shape index (κ2) is 13.9. The Balaban J connectivity index is 1.14. The van der Waals surface area contributed by atoms with Crippen molar-refractivity contribution in [3.05, 3.63) is 60.3 Å². The first-order chi connectivity index (χ1) is 24.5. The molecule has 0 saturated carbocycles. The van der Waals surface area contributed by atoms with Gasteiger partial charge in [0.05, 0.1) is 35.8 Å². The lowest BCUT2D eigenvalue weighted by Crippen LogP contribution is -2.55. The number of piperazine rings is 1. The van der Waals surface area contributed by atoms with Crippen molar-refractivity contribution in [3.63, 3.8) is 0 Å². The number of likely N-dealkylation sites (N-methyl/N-ethyl adjacent to an activating group) is 1. The van der Waals surface area contributed by atoms with Crippen LogP contribution in [0.15, 0.2) is 49.2 Å². The number of hydrogen-bond acceptors (Lipinski definition) is 10. The van der Waals surface area contributed by atoms with Crippen LogP contribution in [0.2, 0.25) is 0 Å². The third-order valence-corrected chi connectivity index (χ3v) is 10.9. The summed E-state index contributed by atoms with van der Waals surface area (Å²) >= 11 is 0. The van der Waals surface area contributed by atoms with Crippen molar-refractivity contribution in [1.29, 1.82) is 5.26 Å². The number of fused-ring (bicyclic) bond motifs is 4. The Morgan fingerprint density at radius 1 is 1.10 bits per heavy atom. The van der Waals surface area contributed by atoms with E-state index < -0.39 is 0 Å². The van der Waals surface area contributed by atoms with Crippen molar-refractivity contribution >= 4 is 33.4 Å². The average Bonchev–Trinajstić information content (AvgIpc) is 3.79. The van der Waals surface area contributed by atoms with Crippen LogP contribution in [0.4, 0.5) is 5.82 Å². The molecule has 3 fully saturated rings. The molecular formula is C38H44N8O4. The predicted octanol–water partition coefficient (Wildman–Crippen LogP) is 5.33. The van der Waals surface area contributed by atoms with Gasteiger partial charge in [0.1, 0.15) is 18.5 Å². The summed E-state index contributed by atoms with van der Waals surface area (Å²) in [5.74, 6) is 1.12. The molecule has 2 aromatic heterocycles. The predicted molar refractivity (Wildman–Crippen MR) is 189 cm³/mol. The molecular weight excluding hydrogens is 632 g/mol. The number of carbonyl (C=O) groups excluding carboxylic acids is 1. The molecule has 0 spiro atoms. The molecule has 0 bridgehead atoms. The SMILES string of the molecule is C=CC(=O)N1CCN(c2nc(OCC3CCCN3C)nc3c2CCC(c2cccc4ccc5c(cnn5C5CCCCO5)c24)O3)C[C@@H]1CC#N. The van der Waals surface area contributed by atoms with Gasteiger partial charge in [-0.1, -0.05) is 30.8 Å². The van der Waals surface area contributed by atoms with Crippen molar-refractivity contribution in [1.82, 2.24) is 29.5 Å². The van der Waals surface area contributed by atoms with Crippen molar-refractivity contribution in [2.24, 2.45) is 0 Å². The van der Waals surface area contributed by atoms with E-state index in [2.05, 4.69) is 59.8 Å². The van der Waals surface area contributed by atoms with Crippen LogP contribution >= 0.6 is 0 Å². The molecule has 3 saturated heterocycles. The molecule has 0 radical (unpaired) electrons. The highest BCUT2D eigenvalue weighted by molar-refractivity contribution is 6.08. The smallest absolute Gasteiger partial charge is 0.321 e. The average molecular weight is 677 g/mol. The third kappa shape index (κ3) is 6.03. The molecule has 3 unspecified atom stereocenters. The minimum atomic E-state index is -0.281. The van der Waals surface area contributed by atoms with E-state index in [0.29, 0.717) is 44.6 Å². The largest absolute Gasteiger partial charge is 0.469 e. The summed E-state index contributed by atoms with van der Waals surface area (Å²) < 4.78 is 21.3. The summed E-state index contributed by atoms with van der Waals surface area (Å²) in [7, 11) is 2.13. The van der Waals surface area contributed by atoms with Crippen LogP contribution in [-0.4, -0.2) is 94.0 Å². The van der Waals surface area contributed by atoms with Gasteiger partial charge in [0, 0.05) is 43.2 Å². The van der Waals surface area contributed by atoms with Gasteiger partial charge >= 0.3 is 6.01 Å². The second-order valence-corrected chi connectivity index (χ2v) is 13.9. The van der Waals surface area contributed by atoms with E-state index in [0.717, 1.165) is 90.3 Å². The van der Waals surface area contributed by atoms with Gasteiger partial charge in [-0.2, -0.15) is 20.3 Å². The highest BCUT2D eigenvalue weighted by atomic mass is 16.5. The summed E-state index contributed by atoms with van der Waals surface area (Å²) in [4.78, 5) is 28.7. The van der Waals surface area contributed by atoms with Crippen molar-refractivity contribution in [2.45, 2.75) is 75.8 Å². The summed E-state index contributed by atoms with van der Waals surface area (Å²) in [6.07, 6.45) is 10.1. The zero-order valence-electron chi connectivity index (χ0n) is 28.7. The highest BCUT2D eigenvalue weighted by Crippen LogP contribution is 2.43. The minimum absolute atomic E-state index is 0.0502. The van der Waals surface area contributed by atoms with Crippen LogP contribution in [0.25, 0.3) is 21.7 Å². The summed E-state index contributed by atoms with van der Waals surface area (Å²) in [5.41, 5.74) is 3.09. The monoisotopic (exact) mass is 676 g/mol. The van der Waals surface area contributed by atoms with Crippen LogP contribution in [0, 0.1) is 11.3 Å². The standard InChI is InChI=1S/C38H44N8O4/c1-3-33(47)45-20-19-44(23-26(45)16-17-39)36-29-13-15-32(50-37(29)42-38(41-36)49-24-27-9-7-18-43(27)2)28-10-6-8-25-12-14-31-30(35(25)28)22-40-46(31)34-11-4-5-21-48-34/h3,6,8,10,12,14,22,26-27,32,34H,1,4-5,7,9,11,13,15-16,18-21,23-24H2,2H3/t26-,27?,32?,34?/m0/s1. The number of benzene rings is 2. The molecule has 4 atom stereocenters. The number of nitriles is 1. The lowest BCUT2D eigenvalue weighted by Gasteiger charge is -2.41. The summed E-state index contributed by atoms with van der Waals surface area (Å²) in [6, 6.07) is 13.3. The van der Waals surface area contributed by atoms with Crippen molar-refractivity contribution in [2.75, 3.05) is 51.3 Å². The fraction of sp³-hybridized carbons (Fsp3) is 0.500. The fourth-order valence-electron chi connectivity index (χ4n) is 8.21. The van der Waals surface area contributed by atoms with Gasteiger partial charge in [0.2, 0.25) is 11.8 Å². The maximum Gasteiger partial charge on any atom is 0.321 e. The minimum Gasteiger partial charge on any atom is -0.469 e. The van der Waals surface area contributed by atoms with E-state index in [9.17, 15) is 10.1 Å². The maximum absolute atomic E-state index is 12.6. The number of carbonyl (C=O) groups is 1. The molecule has 4 aliphatic heterocycles. The molecule has 12 heteroatoms. The first-order valence-electron chi connectivity index (χ1n) is 18.0. The Hall–Kier alpha value is -4.73. The van der Waals surface area contributed by atoms with Gasteiger partial charge in [0.25, 0.3) is 0 Å². The molecule has 4 aliphatic rings. The first-order valence-corrected chi connectivity index (χ1v) is 18.0. The lowest BCUT2D eigenvalue weighted by atomic mass is 9.93. The van der Waals surface area contributed by atoms with Crippen LogP contribution in [0.1, 0.15) is 68.4 Å². The van der Waals surface area contributed by atoms with Crippen LogP contribution < -0.4 is 14.4 Å². The molecule has 1 amide bonds. The number of rotatable bonds is 8. The molecule has 2 aromatic carbocycles. The van der Waals surface area contributed by atoms with Crippen LogP contribution in [0.5, 0.6) is 11.9 Å². The number of amides is 1. The van der Waals surface area contributed by atoms with Gasteiger partial charge in [-0.05, 0) is 81.5 Å². The quantitative estimate of drug-likeness (QED) is 0.226. The van der Waals surface area contributed by atoms with E-state index in [1.165, 1.54) is 6.08 Å². The number of likely N-dealkylation sites (tertiary alicyclic amines) is 1. The first kappa shape index (κ1) is 32.5. The Morgan fingerprint density at radius 2 is 2.02 bits per heavy atom. The molecule has 6 heterocycles. The van der Waals surface area contributed by atoms with Gasteiger partial charge in [-0.15, -0.1) is 0 Å². The van der Waals surface area contributed by atoms with Crippen molar-refractivity contribution in [3.8, 4) is 18.0 Å². The molecule has 260 valence electrons. The number of ether oxygens (including phenoxy) is 3. The van der Waals surface area contributed by atoms with Gasteiger partial charge in [-0.25, -0.2) is 4.68 Å². The fourth-order valence-corrected chi connectivity index (χ4v) is 8.21.